The fourth-order valence-corrected chi connectivity index (χ4v) is 3.10. The molecule has 1 aliphatic heterocycles. The van der Waals surface area contributed by atoms with Crippen LogP contribution < -0.4 is 5.32 Å². The van der Waals surface area contributed by atoms with Gasteiger partial charge in [0.15, 0.2) is 0 Å². The molecule has 0 radical (unpaired) electrons. The van der Waals surface area contributed by atoms with Crippen molar-refractivity contribution in [3.05, 3.63) is 41.7 Å². The largest absolute Gasteiger partial charge is 0.316 e. The van der Waals surface area contributed by atoms with Crippen LogP contribution in [0.5, 0.6) is 0 Å². The second-order valence-corrected chi connectivity index (χ2v) is 5.88. The molecular weight excluding hydrogens is 246 g/mol. The van der Waals surface area contributed by atoms with Crippen LogP contribution in [0.3, 0.4) is 0 Å². The molecule has 1 aromatic carbocycles. The van der Waals surface area contributed by atoms with Crippen LogP contribution in [-0.4, -0.2) is 22.9 Å². The van der Waals surface area contributed by atoms with Crippen LogP contribution in [0.1, 0.15) is 24.1 Å². The third-order valence-corrected chi connectivity index (χ3v) is 4.23. The normalized spacial score (nSPS) is 19.2. The van der Waals surface area contributed by atoms with Crippen LogP contribution in [0.25, 0.3) is 11.1 Å². The van der Waals surface area contributed by atoms with Gasteiger partial charge in [0.1, 0.15) is 0 Å². The summed E-state index contributed by atoms with van der Waals surface area (Å²) in [7, 11) is 0. The first kappa shape index (κ1) is 13.4. The molecule has 1 saturated heterocycles. The fraction of sp³-hybridized carbons (Fsp3) is 0.471. The van der Waals surface area contributed by atoms with Gasteiger partial charge in [-0.3, -0.25) is 4.68 Å². The van der Waals surface area contributed by atoms with Gasteiger partial charge in [-0.05, 0) is 56.8 Å². The van der Waals surface area contributed by atoms with Crippen LogP contribution in [-0.2, 0) is 6.54 Å². The Kier molecular flexibility index (Phi) is 3.88. The van der Waals surface area contributed by atoms with Gasteiger partial charge in [0, 0.05) is 18.3 Å². The zero-order chi connectivity index (χ0) is 13.9. The molecule has 0 aliphatic carbocycles. The van der Waals surface area contributed by atoms with Gasteiger partial charge in [0.2, 0.25) is 0 Å². The van der Waals surface area contributed by atoms with Gasteiger partial charge in [-0.1, -0.05) is 24.3 Å². The predicted molar refractivity (Wildman–Crippen MR) is 82.7 cm³/mol. The molecule has 1 unspecified atom stereocenters. The van der Waals surface area contributed by atoms with Crippen LogP contribution in [0.15, 0.2) is 30.5 Å². The first-order chi connectivity index (χ1) is 9.74. The molecule has 2 heterocycles. The van der Waals surface area contributed by atoms with Gasteiger partial charge in [-0.15, -0.1) is 0 Å². The molecule has 1 aromatic heterocycles. The van der Waals surface area contributed by atoms with E-state index in [0.29, 0.717) is 5.92 Å². The molecule has 2 aromatic rings. The Morgan fingerprint density at radius 3 is 2.85 bits per heavy atom. The van der Waals surface area contributed by atoms with E-state index < -0.39 is 0 Å². The lowest BCUT2D eigenvalue weighted by Crippen LogP contribution is -2.32. The lowest BCUT2D eigenvalue weighted by molar-refractivity contribution is 0.325. The molecular formula is C17H23N3. The summed E-state index contributed by atoms with van der Waals surface area (Å²) in [6, 6.07) is 8.54. The summed E-state index contributed by atoms with van der Waals surface area (Å²) in [6.07, 6.45) is 4.81. The zero-order valence-corrected chi connectivity index (χ0v) is 12.4. The van der Waals surface area contributed by atoms with Crippen molar-refractivity contribution in [1.29, 1.82) is 0 Å². The molecule has 3 heteroatoms. The van der Waals surface area contributed by atoms with Crippen molar-refractivity contribution < 1.29 is 0 Å². The van der Waals surface area contributed by atoms with Crippen LogP contribution in [0, 0.1) is 19.8 Å². The Morgan fingerprint density at radius 1 is 1.25 bits per heavy atom. The van der Waals surface area contributed by atoms with Crippen molar-refractivity contribution in [2.75, 3.05) is 13.1 Å². The van der Waals surface area contributed by atoms with Gasteiger partial charge >= 0.3 is 0 Å². The highest BCUT2D eigenvalue weighted by atomic mass is 15.3. The minimum absolute atomic E-state index is 0.716. The van der Waals surface area contributed by atoms with Gasteiger partial charge < -0.3 is 5.32 Å². The Balaban J connectivity index is 1.82. The number of aryl methyl sites for hydroxylation is 2. The van der Waals surface area contributed by atoms with E-state index >= 15 is 0 Å². The van der Waals surface area contributed by atoms with Crippen molar-refractivity contribution in [2.45, 2.75) is 33.2 Å². The van der Waals surface area contributed by atoms with E-state index in [1.807, 2.05) is 0 Å². The summed E-state index contributed by atoms with van der Waals surface area (Å²) in [5, 5.41) is 8.19. The number of nitrogens with one attached hydrogen (secondary N) is 1. The topological polar surface area (TPSA) is 29.9 Å². The molecule has 1 atom stereocenters. The summed E-state index contributed by atoms with van der Waals surface area (Å²) < 4.78 is 2.13. The quantitative estimate of drug-likeness (QED) is 0.927. The molecule has 0 spiro atoms. The zero-order valence-electron chi connectivity index (χ0n) is 12.4. The number of hydrogen-bond acceptors (Lipinski definition) is 2. The van der Waals surface area contributed by atoms with Crippen molar-refractivity contribution in [3.63, 3.8) is 0 Å². The maximum Gasteiger partial charge on any atom is 0.0672 e. The smallest absolute Gasteiger partial charge is 0.0672 e. The summed E-state index contributed by atoms with van der Waals surface area (Å²) in [5.74, 6) is 0.716. The SMILES string of the molecule is Cc1ccccc1-c1cn(CC2CCCNC2)nc1C. The van der Waals surface area contributed by atoms with Gasteiger partial charge in [0.25, 0.3) is 0 Å². The fourth-order valence-electron chi connectivity index (χ4n) is 3.10. The third-order valence-electron chi connectivity index (χ3n) is 4.23. The standard InChI is InChI=1S/C17H23N3/c1-13-6-3-4-8-16(13)17-12-20(19-14(17)2)11-15-7-5-9-18-10-15/h3-4,6,8,12,15,18H,5,7,9-11H2,1-2H3. The van der Waals surface area contributed by atoms with E-state index in [-0.39, 0.29) is 0 Å². The summed E-state index contributed by atoms with van der Waals surface area (Å²) in [6.45, 7) is 7.59. The predicted octanol–water partition coefficient (Wildman–Crippen LogP) is 3.17. The molecule has 1 aliphatic rings. The first-order valence-corrected chi connectivity index (χ1v) is 7.55. The average Bonchev–Trinajstić information content (AvgIpc) is 2.81. The Morgan fingerprint density at radius 2 is 2.10 bits per heavy atom. The second-order valence-electron chi connectivity index (χ2n) is 5.88. The van der Waals surface area contributed by atoms with Crippen molar-refractivity contribution in [1.82, 2.24) is 15.1 Å². The van der Waals surface area contributed by atoms with E-state index in [2.05, 4.69) is 54.3 Å². The van der Waals surface area contributed by atoms with Crippen molar-refractivity contribution in [3.8, 4) is 11.1 Å². The number of nitrogens with zero attached hydrogens (tertiary/aromatic N) is 2. The lowest BCUT2D eigenvalue weighted by atomic mass is 10.00. The van der Waals surface area contributed by atoms with Crippen LogP contribution in [0.4, 0.5) is 0 Å². The summed E-state index contributed by atoms with van der Waals surface area (Å²) >= 11 is 0. The third kappa shape index (κ3) is 2.78. The van der Waals surface area contributed by atoms with E-state index in [9.17, 15) is 0 Å². The molecule has 106 valence electrons. The molecule has 0 amide bonds. The maximum atomic E-state index is 4.71. The number of aromatic nitrogens is 2. The summed E-state index contributed by atoms with van der Waals surface area (Å²) in [4.78, 5) is 0. The first-order valence-electron chi connectivity index (χ1n) is 7.55. The molecule has 3 rings (SSSR count). The van der Waals surface area contributed by atoms with Crippen LogP contribution >= 0.6 is 0 Å². The minimum atomic E-state index is 0.716. The van der Waals surface area contributed by atoms with Gasteiger partial charge in [-0.2, -0.15) is 5.10 Å². The average molecular weight is 269 g/mol. The van der Waals surface area contributed by atoms with Crippen molar-refractivity contribution in [2.24, 2.45) is 5.92 Å². The van der Waals surface area contributed by atoms with E-state index in [0.717, 1.165) is 18.8 Å². The Labute approximate surface area is 121 Å². The van der Waals surface area contributed by atoms with Crippen LogP contribution in [0.2, 0.25) is 0 Å². The van der Waals surface area contributed by atoms with Crippen molar-refractivity contribution >= 4 is 0 Å². The molecule has 0 bridgehead atoms. The molecule has 20 heavy (non-hydrogen) atoms. The van der Waals surface area contributed by atoms with Gasteiger partial charge in [0.05, 0.1) is 5.69 Å². The molecule has 1 fully saturated rings. The molecule has 3 nitrogen and oxygen atoms in total. The Bertz CT molecular complexity index is 580. The van der Waals surface area contributed by atoms with Gasteiger partial charge in [-0.25, -0.2) is 0 Å². The lowest BCUT2D eigenvalue weighted by Gasteiger charge is -2.22. The highest BCUT2D eigenvalue weighted by Crippen LogP contribution is 2.26. The highest BCUT2D eigenvalue weighted by molar-refractivity contribution is 5.68. The molecule has 1 N–H and O–H groups in total. The molecule has 0 saturated carbocycles. The van der Waals surface area contributed by atoms with E-state index in [4.69, 9.17) is 5.10 Å². The number of hydrogen-bond donors (Lipinski definition) is 1. The van der Waals surface area contributed by atoms with E-state index in [1.165, 1.54) is 36.1 Å². The Hall–Kier alpha value is -1.61. The number of benzene rings is 1. The minimum Gasteiger partial charge on any atom is -0.316 e. The second kappa shape index (κ2) is 5.80. The van der Waals surface area contributed by atoms with E-state index in [1.54, 1.807) is 0 Å². The highest BCUT2D eigenvalue weighted by Gasteiger charge is 2.15. The monoisotopic (exact) mass is 269 g/mol. The maximum absolute atomic E-state index is 4.71. The summed E-state index contributed by atoms with van der Waals surface area (Å²) in [5.41, 5.74) is 5.02. The number of rotatable bonds is 3. The number of piperidine rings is 1.